The first-order valence-electron chi connectivity index (χ1n) is 6.83. The average Bonchev–Trinajstić information content (AvgIpc) is 2.41. The molecule has 0 aromatic carbocycles. The second-order valence-electron chi connectivity index (χ2n) is 5.12. The smallest absolute Gasteiger partial charge is 0.244 e. The van der Waals surface area contributed by atoms with Gasteiger partial charge in [-0.25, -0.2) is 12.8 Å². The Morgan fingerprint density at radius 2 is 2.00 bits per heavy atom. The van der Waals surface area contributed by atoms with Gasteiger partial charge in [0.15, 0.2) is 0 Å². The van der Waals surface area contributed by atoms with Crippen LogP contribution < -0.4 is 5.73 Å². The van der Waals surface area contributed by atoms with Crippen molar-refractivity contribution in [2.75, 3.05) is 6.54 Å². The van der Waals surface area contributed by atoms with Gasteiger partial charge in [0.2, 0.25) is 10.0 Å². The number of sulfonamides is 1. The van der Waals surface area contributed by atoms with E-state index in [2.05, 4.69) is 4.98 Å². The van der Waals surface area contributed by atoms with Gasteiger partial charge in [-0.3, -0.25) is 4.98 Å². The summed E-state index contributed by atoms with van der Waals surface area (Å²) in [4.78, 5) is 3.53. The van der Waals surface area contributed by atoms with Crippen molar-refractivity contribution in [3.63, 3.8) is 0 Å². The number of pyridine rings is 1. The largest absolute Gasteiger partial charge is 0.328 e. The molecule has 0 radical (unpaired) electrons. The average molecular weight is 301 g/mol. The molecule has 1 fully saturated rings. The van der Waals surface area contributed by atoms with Gasteiger partial charge in [0.05, 0.1) is 6.20 Å². The highest BCUT2D eigenvalue weighted by molar-refractivity contribution is 7.89. The van der Waals surface area contributed by atoms with Crippen LogP contribution in [0.4, 0.5) is 4.39 Å². The third-order valence-corrected chi connectivity index (χ3v) is 5.74. The maximum absolute atomic E-state index is 13.2. The van der Waals surface area contributed by atoms with Crippen LogP contribution in [0.3, 0.4) is 0 Å². The fourth-order valence-electron chi connectivity index (χ4n) is 2.68. The summed E-state index contributed by atoms with van der Waals surface area (Å²) < 4.78 is 39.8. The molecule has 112 valence electrons. The molecule has 1 saturated carbocycles. The highest BCUT2D eigenvalue weighted by atomic mass is 32.2. The molecule has 5 nitrogen and oxygen atoms in total. The molecule has 1 heterocycles. The van der Waals surface area contributed by atoms with Crippen molar-refractivity contribution in [1.29, 1.82) is 0 Å². The number of rotatable bonds is 4. The second kappa shape index (κ2) is 6.15. The highest BCUT2D eigenvalue weighted by Crippen LogP contribution is 2.27. The molecule has 0 amide bonds. The van der Waals surface area contributed by atoms with Crippen LogP contribution in [0.25, 0.3) is 0 Å². The summed E-state index contributed by atoms with van der Waals surface area (Å²) in [5.41, 5.74) is 5.85. The van der Waals surface area contributed by atoms with Gasteiger partial charge in [0, 0.05) is 24.8 Å². The molecule has 2 N–H and O–H groups in total. The zero-order valence-electron chi connectivity index (χ0n) is 11.5. The number of halogens is 1. The van der Waals surface area contributed by atoms with E-state index in [1.54, 1.807) is 6.92 Å². The Hall–Kier alpha value is -1.05. The summed E-state index contributed by atoms with van der Waals surface area (Å²) in [5, 5.41) is 0. The molecule has 0 bridgehead atoms. The lowest BCUT2D eigenvalue weighted by Crippen LogP contribution is -2.44. The van der Waals surface area contributed by atoms with Gasteiger partial charge in [-0.15, -0.1) is 0 Å². The molecule has 0 saturated heterocycles. The van der Waals surface area contributed by atoms with E-state index in [9.17, 15) is 12.8 Å². The molecule has 7 heteroatoms. The fraction of sp³-hybridized carbons (Fsp3) is 0.615. The Balaban J connectivity index is 2.26. The minimum atomic E-state index is -3.70. The molecule has 1 aliphatic carbocycles. The molecule has 0 aliphatic heterocycles. The Labute approximate surface area is 119 Å². The second-order valence-corrected chi connectivity index (χ2v) is 7.01. The molecule has 1 aliphatic rings. The molecular weight excluding hydrogens is 281 g/mol. The third-order valence-electron chi connectivity index (χ3n) is 3.75. The van der Waals surface area contributed by atoms with Gasteiger partial charge in [0.25, 0.3) is 0 Å². The Kier molecular flexibility index (Phi) is 4.72. The predicted octanol–water partition coefficient (Wildman–Crippen LogP) is 1.50. The first-order valence-corrected chi connectivity index (χ1v) is 8.27. The topological polar surface area (TPSA) is 76.3 Å². The van der Waals surface area contributed by atoms with Gasteiger partial charge in [-0.05, 0) is 31.7 Å². The summed E-state index contributed by atoms with van der Waals surface area (Å²) in [6, 6.07) is 1.11. The molecule has 0 atom stereocenters. The van der Waals surface area contributed by atoms with E-state index < -0.39 is 15.8 Å². The van der Waals surface area contributed by atoms with E-state index in [1.807, 2.05) is 0 Å². The van der Waals surface area contributed by atoms with E-state index in [0.29, 0.717) is 6.54 Å². The van der Waals surface area contributed by atoms with Crippen molar-refractivity contribution in [1.82, 2.24) is 9.29 Å². The maximum Gasteiger partial charge on any atom is 0.244 e. The van der Waals surface area contributed by atoms with E-state index in [0.717, 1.165) is 37.9 Å². The summed E-state index contributed by atoms with van der Waals surface area (Å²) >= 11 is 0. The van der Waals surface area contributed by atoms with E-state index in [1.165, 1.54) is 10.5 Å². The van der Waals surface area contributed by atoms with Gasteiger partial charge in [-0.2, -0.15) is 4.31 Å². The van der Waals surface area contributed by atoms with Crippen LogP contribution in [-0.4, -0.2) is 36.3 Å². The van der Waals surface area contributed by atoms with Gasteiger partial charge >= 0.3 is 0 Å². The normalized spacial score (nSPS) is 24.0. The number of nitrogens with two attached hydrogens (primary N) is 1. The Morgan fingerprint density at radius 1 is 1.35 bits per heavy atom. The Morgan fingerprint density at radius 3 is 2.55 bits per heavy atom. The Bertz CT molecular complexity index is 556. The predicted molar refractivity (Wildman–Crippen MR) is 74.0 cm³/mol. The summed E-state index contributed by atoms with van der Waals surface area (Å²) in [6.07, 6.45) is 5.31. The zero-order valence-corrected chi connectivity index (χ0v) is 12.3. The lowest BCUT2D eigenvalue weighted by Gasteiger charge is -2.34. The van der Waals surface area contributed by atoms with Crippen LogP contribution >= 0.6 is 0 Å². The molecule has 1 aromatic rings. The molecule has 0 unspecified atom stereocenters. The van der Waals surface area contributed by atoms with Crippen LogP contribution in [0.2, 0.25) is 0 Å². The molecule has 1 aromatic heterocycles. The standard InChI is InChI=1S/C13H20FN3O2S/c1-2-17(12-5-3-11(15)4-6-12)20(18,19)13-7-10(14)8-16-9-13/h7-9,11-12H,2-6,15H2,1H3. The van der Waals surface area contributed by atoms with Gasteiger partial charge < -0.3 is 5.73 Å². The molecule has 2 rings (SSSR count). The van der Waals surface area contributed by atoms with Gasteiger partial charge in [0.1, 0.15) is 10.7 Å². The molecular formula is C13H20FN3O2S. The van der Waals surface area contributed by atoms with Crippen LogP contribution in [-0.2, 0) is 10.0 Å². The van der Waals surface area contributed by atoms with Crippen LogP contribution in [0.15, 0.2) is 23.4 Å². The first-order chi connectivity index (χ1) is 9.45. The summed E-state index contributed by atoms with van der Waals surface area (Å²) in [5.74, 6) is -0.646. The van der Waals surface area contributed by atoms with Crippen molar-refractivity contribution >= 4 is 10.0 Å². The number of aromatic nitrogens is 1. The minimum Gasteiger partial charge on any atom is -0.328 e. The monoisotopic (exact) mass is 301 g/mol. The van der Waals surface area contributed by atoms with Gasteiger partial charge in [-0.1, -0.05) is 6.92 Å². The summed E-state index contributed by atoms with van der Waals surface area (Å²) in [7, 11) is -3.70. The molecule has 20 heavy (non-hydrogen) atoms. The van der Waals surface area contributed by atoms with Crippen LogP contribution in [0, 0.1) is 5.82 Å². The van der Waals surface area contributed by atoms with E-state index in [4.69, 9.17) is 5.73 Å². The van der Waals surface area contributed by atoms with Crippen molar-refractivity contribution in [2.45, 2.75) is 49.6 Å². The van der Waals surface area contributed by atoms with Crippen molar-refractivity contribution in [2.24, 2.45) is 5.73 Å². The zero-order chi connectivity index (χ0) is 14.8. The first kappa shape index (κ1) is 15.3. The van der Waals surface area contributed by atoms with Crippen molar-refractivity contribution in [3.8, 4) is 0 Å². The molecule has 0 spiro atoms. The highest BCUT2D eigenvalue weighted by Gasteiger charge is 2.32. The van der Waals surface area contributed by atoms with Crippen molar-refractivity contribution < 1.29 is 12.8 Å². The van der Waals surface area contributed by atoms with Crippen LogP contribution in [0.5, 0.6) is 0 Å². The van der Waals surface area contributed by atoms with Crippen molar-refractivity contribution in [3.05, 3.63) is 24.3 Å². The quantitative estimate of drug-likeness (QED) is 0.914. The maximum atomic E-state index is 13.2. The number of hydrogen-bond acceptors (Lipinski definition) is 4. The lowest BCUT2D eigenvalue weighted by molar-refractivity contribution is 0.247. The fourth-order valence-corrected chi connectivity index (χ4v) is 4.35. The number of nitrogens with zero attached hydrogens (tertiary/aromatic N) is 2. The lowest BCUT2D eigenvalue weighted by atomic mass is 9.92. The number of hydrogen-bond donors (Lipinski definition) is 1. The third kappa shape index (κ3) is 3.16. The minimum absolute atomic E-state index is 0.0620. The summed E-state index contributed by atoms with van der Waals surface area (Å²) in [6.45, 7) is 2.15. The van der Waals surface area contributed by atoms with E-state index >= 15 is 0 Å². The van der Waals surface area contributed by atoms with E-state index in [-0.39, 0.29) is 17.0 Å². The SMILES string of the molecule is CCN(C1CCC(N)CC1)S(=O)(=O)c1cncc(F)c1. The van der Waals surface area contributed by atoms with Crippen LogP contribution in [0.1, 0.15) is 32.6 Å².